The number of nitrogens with zero attached hydrogens (tertiary/aromatic N) is 3. The maximum atomic E-state index is 12.5. The van der Waals surface area contributed by atoms with Crippen LogP contribution in [0.1, 0.15) is 30.9 Å². The largest absolute Gasteiger partial charge is 0.480 e. The summed E-state index contributed by atoms with van der Waals surface area (Å²) in [6, 6.07) is 8.51. The van der Waals surface area contributed by atoms with Crippen LogP contribution in [-0.2, 0) is 34.2 Å². The normalized spacial score (nSPS) is 16.2. The average Bonchev–Trinajstić information content (AvgIpc) is 3.10. The Morgan fingerprint density at radius 3 is 2.66 bits per heavy atom. The van der Waals surface area contributed by atoms with Crippen molar-refractivity contribution in [2.75, 3.05) is 12.8 Å². The van der Waals surface area contributed by atoms with Gasteiger partial charge in [0.25, 0.3) is 5.56 Å². The zero-order chi connectivity index (χ0) is 21.2. The number of aliphatic carboxylic acids is 1. The van der Waals surface area contributed by atoms with Gasteiger partial charge in [-0.15, -0.1) is 0 Å². The number of aromatic nitrogens is 2. The van der Waals surface area contributed by atoms with Crippen molar-refractivity contribution in [1.82, 2.24) is 14.1 Å². The number of sulfonamides is 1. The maximum Gasteiger partial charge on any atom is 0.325 e. The SMILES string of the molecule is CCCCS(=O)(=O)N(C)C1Cc2ccc(-c3ccc(=O)n(CC(=O)O)n3)cc2C1. The summed E-state index contributed by atoms with van der Waals surface area (Å²) in [7, 11) is -1.64. The Bertz CT molecular complexity index is 1080. The summed E-state index contributed by atoms with van der Waals surface area (Å²) in [4.78, 5) is 22.7. The molecule has 1 aliphatic rings. The summed E-state index contributed by atoms with van der Waals surface area (Å²) in [5, 5.41) is 13.1. The predicted octanol–water partition coefficient (Wildman–Crippen LogP) is 1.52. The van der Waals surface area contributed by atoms with E-state index in [1.165, 1.54) is 10.4 Å². The lowest BCUT2D eigenvalue weighted by atomic mass is 10.0. The highest BCUT2D eigenvalue weighted by atomic mass is 32.2. The third kappa shape index (κ3) is 4.73. The van der Waals surface area contributed by atoms with E-state index in [9.17, 15) is 18.0 Å². The first-order valence-corrected chi connectivity index (χ1v) is 11.2. The van der Waals surface area contributed by atoms with Crippen LogP contribution in [0.3, 0.4) is 0 Å². The van der Waals surface area contributed by atoms with Crippen molar-refractivity contribution in [1.29, 1.82) is 0 Å². The topological polar surface area (TPSA) is 110 Å². The molecule has 9 heteroatoms. The minimum atomic E-state index is -3.28. The van der Waals surface area contributed by atoms with E-state index in [-0.39, 0.29) is 11.8 Å². The Labute approximate surface area is 169 Å². The van der Waals surface area contributed by atoms with E-state index >= 15 is 0 Å². The fraction of sp³-hybridized carbons (Fsp3) is 0.450. The van der Waals surface area contributed by atoms with Crippen LogP contribution >= 0.6 is 0 Å². The third-order valence-electron chi connectivity index (χ3n) is 5.27. The Balaban J connectivity index is 1.82. The number of benzene rings is 1. The molecule has 1 heterocycles. The van der Waals surface area contributed by atoms with Gasteiger partial charge in [0, 0.05) is 24.7 Å². The summed E-state index contributed by atoms with van der Waals surface area (Å²) in [6.45, 7) is 1.47. The minimum absolute atomic E-state index is 0.115. The molecule has 0 amide bonds. The highest BCUT2D eigenvalue weighted by Crippen LogP contribution is 2.30. The van der Waals surface area contributed by atoms with Gasteiger partial charge in [0.2, 0.25) is 10.0 Å². The second kappa shape index (κ2) is 8.46. The lowest BCUT2D eigenvalue weighted by molar-refractivity contribution is -0.138. The summed E-state index contributed by atoms with van der Waals surface area (Å²) in [6.07, 6.45) is 2.75. The van der Waals surface area contributed by atoms with E-state index < -0.39 is 28.1 Å². The van der Waals surface area contributed by atoms with E-state index in [2.05, 4.69) is 5.10 Å². The molecule has 0 saturated carbocycles. The number of carboxylic acids is 1. The summed E-state index contributed by atoms with van der Waals surface area (Å²) in [5.74, 6) is -0.978. The average molecular weight is 420 g/mol. The smallest absolute Gasteiger partial charge is 0.325 e. The molecule has 0 radical (unpaired) electrons. The first-order chi connectivity index (χ1) is 13.7. The third-order valence-corrected chi connectivity index (χ3v) is 7.25. The number of unbranched alkanes of at least 4 members (excludes halogenated alkanes) is 1. The second-order valence-electron chi connectivity index (χ2n) is 7.34. The Kier molecular flexibility index (Phi) is 6.18. The van der Waals surface area contributed by atoms with Crippen molar-refractivity contribution in [2.24, 2.45) is 0 Å². The number of hydrogen-bond donors (Lipinski definition) is 1. The van der Waals surface area contributed by atoms with Gasteiger partial charge in [-0.25, -0.2) is 17.4 Å². The number of carboxylic acid groups (broad SMARTS) is 1. The molecule has 1 aliphatic carbocycles. The maximum absolute atomic E-state index is 12.5. The molecule has 0 spiro atoms. The highest BCUT2D eigenvalue weighted by molar-refractivity contribution is 7.89. The van der Waals surface area contributed by atoms with Gasteiger partial charge in [0.05, 0.1) is 11.4 Å². The zero-order valence-corrected chi connectivity index (χ0v) is 17.4. The molecule has 8 nitrogen and oxygen atoms in total. The molecule has 2 aromatic rings. The molecule has 156 valence electrons. The molecule has 0 fully saturated rings. The Hall–Kier alpha value is -2.52. The Morgan fingerprint density at radius 2 is 1.97 bits per heavy atom. The van der Waals surface area contributed by atoms with Crippen LogP contribution in [0.15, 0.2) is 35.1 Å². The molecule has 3 rings (SSSR count). The number of likely N-dealkylation sites (N-methyl/N-ethyl adjacent to an activating group) is 1. The van der Waals surface area contributed by atoms with E-state index in [4.69, 9.17) is 5.11 Å². The van der Waals surface area contributed by atoms with E-state index in [0.29, 0.717) is 25.0 Å². The number of fused-ring (bicyclic) bond motifs is 1. The molecule has 0 saturated heterocycles. The van der Waals surface area contributed by atoms with Crippen molar-refractivity contribution in [3.05, 3.63) is 51.8 Å². The molecule has 1 unspecified atom stereocenters. The number of carbonyl (C=O) groups is 1. The molecule has 29 heavy (non-hydrogen) atoms. The van der Waals surface area contributed by atoms with E-state index in [0.717, 1.165) is 27.8 Å². The van der Waals surface area contributed by atoms with Crippen LogP contribution in [0.5, 0.6) is 0 Å². The van der Waals surface area contributed by atoms with Crippen molar-refractivity contribution in [3.63, 3.8) is 0 Å². The first-order valence-electron chi connectivity index (χ1n) is 9.59. The van der Waals surface area contributed by atoms with Crippen LogP contribution in [0, 0.1) is 0 Å². The van der Waals surface area contributed by atoms with Crippen molar-refractivity contribution in [2.45, 2.75) is 45.2 Å². The monoisotopic (exact) mass is 419 g/mol. The van der Waals surface area contributed by atoms with Crippen LogP contribution in [-0.4, -0.2) is 52.4 Å². The molecular formula is C20H25N3O5S. The van der Waals surface area contributed by atoms with Gasteiger partial charge in [-0.05, 0) is 42.5 Å². The standard InChI is InChI=1S/C20H25N3O5S/c1-3-4-9-29(27,28)22(2)17-11-14-5-6-15(10-16(14)12-17)18-7-8-19(24)23(21-18)13-20(25)26/h5-8,10,17H,3-4,9,11-13H2,1-2H3,(H,25,26). The predicted molar refractivity (Wildman–Crippen MR) is 109 cm³/mol. The summed E-state index contributed by atoms with van der Waals surface area (Å²) in [5.41, 5.74) is 2.93. The molecule has 1 aromatic heterocycles. The minimum Gasteiger partial charge on any atom is -0.480 e. The van der Waals surface area contributed by atoms with E-state index in [1.54, 1.807) is 13.1 Å². The van der Waals surface area contributed by atoms with Gasteiger partial charge in [0.1, 0.15) is 6.54 Å². The molecule has 0 bridgehead atoms. The first kappa shape index (κ1) is 21.2. The van der Waals surface area contributed by atoms with Crippen molar-refractivity contribution < 1.29 is 18.3 Å². The molecule has 1 atom stereocenters. The number of hydrogen-bond acceptors (Lipinski definition) is 5. The van der Waals surface area contributed by atoms with E-state index in [1.807, 2.05) is 25.1 Å². The van der Waals surface area contributed by atoms with Crippen molar-refractivity contribution in [3.8, 4) is 11.3 Å². The van der Waals surface area contributed by atoms with Crippen LogP contribution in [0.25, 0.3) is 11.3 Å². The fourth-order valence-corrected chi connectivity index (χ4v) is 5.10. The summed E-state index contributed by atoms with van der Waals surface area (Å²) < 4.78 is 27.4. The molecule has 0 aliphatic heterocycles. The molecule has 1 N–H and O–H groups in total. The molecular weight excluding hydrogens is 394 g/mol. The fourth-order valence-electron chi connectivity index (χ4n) is 3.55. The van der Waals surface area contributed by atoms with Gasteiger partial charge < -0.3 is 5.11 Å². The zero-order valence-electron chi connectivity index (χ0n) is 16.5. The van der Waals surface area contributed by atoms with Crippen LogP contribution in [0.2, 0.25) is 0 Å². The van der Waals surface area contributed by atoms with Crippen molar-refractivity contribution >= 4 is 16.0 Å². The van der Waals surface area contributed by atoms with Gasteiger partial charge in [-0.3, -0.25) is 9.59 Å². The molecule has 1 aromatic carbocycles. The van der Waals surface area contributed by atoms with Gasteiger partial charge in [0.15, 0.2) is 0 Å². The number of rotatable bonds is 8. The summed E-state index contributed by atoms with van der Waals surface area (Å²) >= 11 is 0. The van der Waals surface area contributed by atoms with Gasteiger partial charge in [-0.2, -0.15) is 5.10 Å². The highest BCUT2D eigenvalue weighted by Gasteiger charge is 2.31. The Morgan fingerprint density at radius 1 is 1.24 bits per heavy atom. The van der Waals surface area contributed by atoms with Crippen LogP contribution in [0.4, 0.5) is 0 Å². The quantitative estimate of drug-likeness (QED) is 0.695. The lowest BCUT2D eigenvalue weighted by Crippen LogP contribution is -2.38. The second-order valence-corrected chi connectivity index (χ2v) is 9.49. The van der Waals surface area contributed by atoms with Gasteiger partial charge in [-0.1, -0.05) is 25.5 Å². The van der Waals surface area contributed by atoms with Gasteiger partial charge >= 0.3 is 5.97 Å². The lowest BCUT2D eigenvalue weighted by Gasteiger charge is -2.23. The van der Waals surface area contributed by atoms with Crippen LogP contribution < -0.4 is 5.56 Å².